The van der Waals surface area contributed by atoms with E-state index in [2.05, 4.69) is 65.1 Å². The molecule has 2 heteroatoms. The zero-order valence-corrected chi connectivity index (χ0v) is 12.9. The lowest BCUT2D eigenvalue weighted by atomic mass is 9.85. The molecule has 2 aromatic rings. The fourth-order valence-corrected chi connectivity index (χ4v) is 2.59. The molecule has 1 aromatic heterocycles. The number of furan rings is 1. The van der Waals surface area contributed by atoms with Crippen LogP contribution in [0.1, 0.15) is 50.6 Å². The highest BCUT2D eigenvalue weighted by Gasteiger charge is 2.28. The Bertz CT molecular complexity index is 536. The Morgan fingerprint density at radius 2 is 1.79 bits per heavy atom. The Morgan fingerprint density at radius 1 is 1.16 bits per heavy atom. The largest absolute Gasteiger partial charge is 0.459 e. The highest BCUT2D eigenvalue weighted by atomic mass is 16.3. The van der Waals surface area contributed by atoms with Crippen LogP contribution in [0.4, 0.5) is 0 Å². The maximum Gasteiger partial charge on any atom is 0.137 e. The highest BCUT2D eigenvalue weighted by molar-refractivity contribution is 5.84. The highest BCUT2D eigenvalue weighted by Crippen LogP contribution is 2.37. The lowest BCUT2D eigenvalue weighted by Gasteiger charge is -2.29. The van der Waals surface area contributed by atoms with E-state index in [1.165, 1.54) is 16.5 Å². The maximum absolute atomic E-state index is 6.16. The van der Waals surface area contributed by atoms with Crippen LogP contribution in [0.25, 0.3) is 11.0 Å². The van der Waals surface area contributed by atoms with Crippen molar-refractivity contribution in [2.24, 2.45) is 5.41 Å². The molecule has 1 N–H and O–H groups in total. The SMILES string of the molecule is CCNC(c1cc2c(C)ccc(C)c2o1)C(C)(C)C. The van der Waals surface area contributed by atoms with Crippen molar-refractivity contribution < 1.29 is 4.42 Å². The van der Waals surface area contributed by atoms with Gasteiger partial charge in [-0.25, -0.2) is 0 Å². The van der Waals surface area contributed by atoms with Gasteiger partial charge in [0.25, 0.3) is 0 Å². The first-order valence-electron chi connectivity index (χ1n) is 7.07. The first-order valence-corrected chi connectivity index (χ1v) is 7.07. The Labute approximate surface area is 116 Å². The van der Waals surface area contributed by atoms with Crippen LogP contribution in [0.2, 0.25) is 0 Å². The molecule has 0 aliphatic heterocycles. The second-order valence-corrected chi connectivity index (χ2v) is 6.45. The molecule has 19 heavy (non-hydrogen) atoms. The number of benzene rings is 1. The van der Waals surface area contributed by atoms with Crippen LogP contribution in [-0.2, 0) is 0 Å². The van der Waals surface area contributed by atoms with Gasteiger partial charge < -0.3 is 9.73 Å². The molecule has 0 spiro atoms. The Kier molecular flexibility index (Phi) is 3.73. The summed E-state index contributed by atoms with van der Waals surface area (Å²) in [6, 6.07) is 6.74. The Balaban J connectivity index is 2.56. The summed E-state index contributed by atoms with van der Waals surface area (Å²) in [6.45, 7) is 14.1. The minimum absolute atomic E-state index is 0.131. The van der Waals surface area contributed by atoms with E-state index >= 15 is 0 Å². The van der Waals surface area contributed by atoms with Crippen LogP contribution in [0, 0.1) is 19.3 Å². The number of hydrogen-bond donors (Lipinski definition) is 1. The minimum atomic E-state index is 0.131. The standard InChI is InChI=1S/C17H25NO/c1-7-18-16(17(4,5)6)14-10-13-11(2)8-9-12(3)15(13)19-14/h8-10,16,18H,7H2,1-6H3. The Hall–Kier alpha value is -1.28. The number of fused-ring (bicyclic) bond motifs is 1. The van der Waals surface area contributed by atoms with Crippen LogP contribution < -0.4 is 5.32 Å². The molecule has 0 saturated heterocycles. The third-order valence-corrected chi connectivity index (χ3v) is 3.68. The molecule has 0 radical (unpaired) electrons. The predicted octanol–water partition coefficient (Wildman–Crippen LogP) is 4.75. The predicted molar refractivity (Wildman–Crippen MR) is 81.6 cm³/mol. The van der Waals surface area contributed by atoms with Gasteiger partial charge in [-0.05, 0) is 43.0 Å². The maximum atomic E-state index is 6.16. The fraction of sp³-hybridized carbons (Fsp3) is 0.529. The number of aryl methyl sites for hydroxylation is 2. The lowest BCUT2D eigenvalue weighted by Crippen LogP contribution is -2.31. The Morgan fingerprint density at radius 3 is 2.32 bits per heavy atom. The first kappa shape index (κ1) is 14.1. The van der Waals surface area contributed by atoms with Crippen molar-refractivity contribution in [1.82, 2.24) is 5.32 Å². The molecular formula is C17H25NO. The molecule has 0 aliphatic rings. The van der Waals surface area contributed by atoms with Gasteiger partial charge in [0.1, 0.15) is 11.3 Å². The summed E-state index contributed by atoms with van der Waals surface area (Å²) < 4.78 is 6.16. The molecule has 1 unspecified atom stereocenters. The monoisotopic (exact) mass is 259 g/mol. The molecule has 0 amide bonds. The first-order chi connectivity index (χ1) is 8.84. The molecule has 0 fully saturated rings. The summed E-state index contributed by atoms with van der Waals surface area (Å²) in [7, 11) is 0. The van der Waals surface area contributed by atoms with Gasteiger partial charge in [-0.15, -0.1) is 0 Å². The van der Waals surface area contributed by atoms with Gasteiger partial charge in [-0.2, -0.15) is 0 Å². The van der Waals surface area contributed by atoms with Gasteiger partial charge in [-0.1, -0.05) is 39.8 Å². The van der Waals surface area contributed by atoms with Crippen LogP contribution in [0.3, 0.4) is 0 Å². The van der Waals surface area contributed by atoms with E-state index in [1.54, 1.807) is 0 Å². The van der Waals surface area contributed by atoms with Crippen LogP contribution in [-0.4, -0.2) is 6.54 Å². The van der Waals surface area contributed by atoms with Gasteiger partial charge in [0, 0.05) is 5.39 Å². The summed E-state index contributed by atoms with van der Waals surface area (Å²) >= 11 is 0. The summed E-state index contributed by atoms with van der Waals surface area (Å²) in [5.74, 6) is 1.04. The van der Waals surface area contributed by atoms with Crippen LogP contribution >= 0.6 is 0 Å². The molecular weight excluding hydrogens is 234 g/mol. The van der Waals surface area contributed by atoms with E-state index in [0.29, 0.717) is 0 Å². The van der Waals surface area contributed by atoms with Gasteiger partial charge >= 0.3 is 0 Å². The van der Waals surface area contributed by atoms with Gasteiger partial charge in [-0.3, -0.25) is 0 Å². The van der Waals surface area contributed by atoms with Crippen LogP contribution in [0.5, 0.6) is 0 Å². The summed E-state index contributed by atoms with van der Waals surface area (Å²) in [6.07, 6.45) is 0. The quantitative estimate of drug-likeness (QED) is 0.860. The molecule has 1 heterocycles. The van der Waals surface area contributed by atoms with E-state index < -0.39 is 0 Å². The lowest BCUT2D eigenvalue weighted by molar-refractivity contribution is 0.244. The third-order valence-electron chi connectivity index (χ3n) is 3.68. The minimum Gasteiger partial charge on any atom is -0.459 e. The van der Waals surface area contributed by atoms with E-state index in [0.717, 1.165) is 17.9 Å². The zero-order valence-electron chi connectivity index (χ0n) is 12.9. The number of nitrogens with one attached hydrogen (secondary N) is 1. The second-order valence-electron chi connectivity index (χ2n) is 6.45. The molecule has 0 aliphatic carbocycles. The molecule has 1 aromatic carbocycles. The van der Waals surface area contributed by atoms with E-state index in [4.69, 9.17) is 4.42 Å². The molecule has 2 nitrogen and oxygen atoms in total. The van der Waals surface area contributed by atoms with Gasteiger partial charge in [0.15, 0.2) is 0 Å². The number of hydrogen-bond acceptors (Lipinski definition) is 2. The van der Waals surface area contributed by atoms with Gasteiger partial charge in [0.05, 0.1) is 6.04 Å². The van der Waals surface area contributed by atoms with Crippen molar-refractivity contribution in [3.8, 4) is 0 Å². The van der Waals surface area contributed by atoms with E-state index in [9.17, 15) is 0 Å². The smallest absolute Gasteiger partial charge is 0.137 e. The molecule has 0 saturated carbocycles. The van der Waals surface area contributed by atoms with Crippen molar-refractivity contribution in [1.29, 1.82) is 0 Å². The van der Waals surface area contributed by atoms with Gasteiger partial charge in [0.2, 0.25) is 0 Å². The second kappa shape index (κ2) is 5.01. The number of rotatable bonds is 3. The van der Waals surface area contributed by atoms with E-state index in [1.807, 2.05) is 0 Å². The zero-order chi connectivity index (χ0) is 14.2. The molecule has 0 bridgehead atoms. The van der Waals surface area contributed by atoms with Crippen molar-refractivity contribution in [2.75, 3.05) is 6.54 Å². The van der Waals surface area contributed by atoms with Crippen molar-refractivity contribution >= 4 is 11.0 Å². The average molecular weight is 259 g/mol. The summed E-state index contributed by atoms with van der Waals surface area (Å²) in [5, 5.41) is 4.78. The fourth-order valence-electron chi connectivity index (χ4n) is 2.59. The summed E-state index contributed by atoms with van der Waals surface area (Å²) in [5.41, 5.74) is 3.64. The van der Waals surface area contributed by atoms with Crippen LogP contribution in [0.15, 0.2) is 22.6 Å². The van der Waals surface area contributed by atoms with E-state index in [-0.39, 0.29) is 11.5 Å². The van der Waals surface area contributed by atoms with Crippen molar-refractivity contribution in [2.45, 2.75) is 47.6 Å². The molecule has 104 valence electrons. The third kappa shape index (κ3) is 2.69. The van der Waals surface area contributed by atoms with Crippen molar-refractivity contribution in [3.05, 3.63) is 35.1 Å². The topological polar surface area (TPSA) is 25.2 Å². The normalized spacial score (nSPS) is 14.0. The molecule has 2 rings (SSSR count). The summed E-state index contributed by atoms with van der Waals surface area (Å²) in [4.78, 5) is 0. The van der Waals surface area contributed by atoms with Crippen molar-refractivity contribution in [3.63, 3.8) is 0 Å². The average Bonchev–Trinajstić information content (AvgIpc) is 2.75. The molecule has 1 atom stereocenters.